The second-order valence-electron chi connectivity index (χ2n) is 5.66. The summed E-state index contributed by atoms with van der Waals surface area (Å²) in [6.07, 6.45) is 7.66. The summed E-state index contributed by atoms with van der Waals surface area (Å²) in [5.41, 5.74) is 1.12. The highest BCUT2D eigenvalue weighted by Crippen LogP contribution is 2.33. The monoisotopic (exact) mass is 315 g/mol. The highest BCUT2D eigenvalue weighted by atomic mass is 16.5. The first kappa shape index (κ1) is 15.6. The molecule has 1 N–H and O–H groups in total. The molecule has 122 valence electrons. The molecule has 0 aromatic carbocycles. The molecule has 1 fully saturated rings. The van der Waals surface area contributed by atoms with Gasteiger partial charge in [0.15, 0.2) is 0 Å². The lowest BCUT2D eigenvalue weighted by Crippen LogP contribution is -2.31. The summed E-state index contributed by atoms with van der Waals surface area (Å²) in [5, 5.41) is 2.93. The molecular weight excluding hydrogens is 294 g/mol. The second-order valence-corrected chi connectivity index (χ2v) is 5.66. The number of rotatable bonds is 5. The van der Waals surface area contributed by atoms with Crippen LogP contribution in [0.1, 0.15) is 41.5 Å². The number of nitrogens with zero attached hydrogens (tertiary/aromatic N) is 4. The average molecular weight is 315 g/mol. The highest BCUT2D eigenvalue weighted by molar-refractivity contribution is 5.91. The first-order valence-electron chi connectivity index (χ1n) is 7.88. The van der Waals surface area contributed by atoms with Crippen molar-refractivity contribution in [3.8, 4) is 0 Å². The molecular formula is C16H21N5O2. The number of nitrogens with one attached hydrogen (secondary N) is 1. The maximum atomic E-state index is 12.2. The van der Waals surface area contributed by atoms with Crippen LogP contribution in [0.4, 0.5) is 0 Å². The minimum atomic E-state index is -0.206. The molecule has 0 radical (unpaired) electrons. The van der Waals surface area contributed by atoms with Crippen LogP contribution in [0.5, 0.6) is 0 Å². The standard InChI is InChI=1S/C16H21N5O2/c1-3-21-6-5-17-15(21)14-12(4-7-23-14)9-20-16(22)13-10-18-11(2)8-19-13/h5-6,8,10,12,14H,3-4,7,9H2,1-2H3,(H,20,22)/t12-,14+/m0/s1. The zero-order valence-corrected chi connectivity index (χ0v) is 13.4. The molecule has 1 saturated heterocycles. The molecule has 1 aliphatic heterocycles. The van der Waals surface area contributed by atoms with Crippen LogP contribution in [0, 0.1) is 12.8 Å². The van der Waals surface area contributed by atoms with E-state index in [1.54, 1.807) is 12.4 Å². The van der Waals surface area contributed by atoms with Gasteiger partial charge in [-0.05, 0) is 20.3 Å². The Hall–Kier alpha value is -2.28. The summed E-state index contributed by atoms with van der Waals surface area (Å²) in [6.45, 7) is 5.99. The van der Waals surface area contributed by atoms with Crippen molar-refractivity contribution in [1.82, 2.24) is 24.8 Å². The fourth-order valence-corrected chi connectivity index (χ4v) is 2.80. The largest absolute Gasteiger partial charge is 0.370 e. The maximum absolute atomic E-state index is 12.2. The SMILES string of the molecule is CCn1ccnc1[C@@H]1OCC[C@H]1CNC(=O)c1cnc(C)cn1. The van der Waals surface area contributed by atoms with Gasteiger partial charge in [-0.25, -0.2) is 9.97 Å². The predicted octanol–water partition coefficient (Wildman–Crippen LogP) is 1.51. The van der Waals surface area contributed by atoms with Crippen molar-refractivity contribution in [2.45, 2.75) is 32.9 Å². The van der Waals surface area contributed by atoms with Crippen molar-refractivity contribution in [3.05, 3.63) is 42.0 Å². The first-order valence-corrected chi connectivity index (χ1v) is 7.88. The third-order valence-corrected chi connectivity index (χ3v) is 4.10. The Morgan fingerprint density at radius 2 is 2.26 bits per heavy atom. The zero-order valence-electron chi connectivity index (χ0n) is 13.4. The molecule has 2 atom stereocenters. The van der Waals surface area contributed by atoms with Gasteiger partial charge in [0.05, 0.1) is 11.9 Å². The number of ether oxygens (including phenoxy) is 1. The molecule has 7 nitrogen and oxygen atoms in total. The van der Waals surface area contributed by atoms with Crippen molar-refractivity contribution < 1.29 is 9.53 Å². The summed E-state index contributed by atoms with van der Waals surface area (Å²) in [4.78, 5) is 24.8. The van der Waals surface area contributed by atoms with Gasteiger partial charge in [0.25, 0.3) is 5.91 Å². The van der Waals surface area contributed by atoms with Crippen molar-refractivity contribution in [1.29, 1.82) is 0 Å². The Bertz CT molecular complexity index is 667. The third kappa shape index (κ3) is 3.39. The molecule has 0 unspecified atom stereocenters. The van der Waals surface area contributed by atoms with Crippen LogP contribution in [-0.2, 0) is 11.3 Å². The molecule has 1 amide bonds. The van der Waals surface area contributed by atoms with E-state index in [1.165, 1.54) is 6.20 Å². The van der Waals surface area contributed by atoms with Crippen LogP contribution in [0.2, 0.25) is 0 Å². The van der Waals surface area contributed by atoms with Gasteiger partial charge in [0, 0.05) is 44.2 Å². The van der Waals surface area contributed by atoms with Gasteiger partial charge in [-0.15, -0.1) is 0 Å². The van der Waals surface area contributed by atoms with Crippen LogP contribution < -0.4 is 5.32 Å². The number of amides is 1. The fourth-order valence-electron chi connectivity index (χ4n) is 2.80. The summed E-state index contributed by atoms with van der Waals surface area (Å²) in [5.74, 6) is 0.936. The van der Waals surface area contributed by atoms with E-state index in [0.717, 1.165) is 24.5 Å². The van der Waals surface area contributed by atoms with Crippen LogP contribution in [0.3, 0.4) is 0 Å². The van der Waals surface area contributed by atoms with Gasteiger partial charge in [-0.3, -0.25) is 9.78 Å². The van der Waals surface area contributed by atoms with Gasteiger partial charge in [0.2, 0.25) is 0 Å². The summed E-state index contributed by atoms with van der Waals surface area (Å²) >= 11 is 0. The number of hydrogen-bond donors (Lipinski definition) is 1. The number of carbonyl (C=O) groups excluding carboxylic acids is 1. The van der Waals surface area contributed by atoms with Gasteiger partial charge in [-0.2, -0.15) is 0 Å². The van der Waals surface area contributed by atoms with E-state index in [0.29, 0.717) is 18.8 Å². The van der Waals surface area contributed by atoms with Gasteiger partial charge in [-0.1, -0.05) is 0 Å². The lowest BCUT2D eigenvalue weighted by atomic mass is 10.0. The van der Waals surface area contributed by atoms with E-state index in [-0.39, 0.29) is 17.9 Å². The van der Waals surface area contributed by atoms with E-state index in [1.807, 2.05) is 13.1 Å². The molecule has 7 heteroatoms. The number of imidazole rings is 1. The van der Waals surface area contributed by atoms with Crippen molar-refractivity contribution in [2.24, 2.45) is 5.92 Å². The Morgan fingerprint density at radius 1 is 1.39 bits per heavy atom. The number of hydrogen-bond acceptors (Lipinski definition) is 5. The Kier molecular flexibility index (Phi) is 4.66. The molecule has 23 heavy (non-hydrogen) atoms. The number of aromatic nitrogens is 4. The lowest BCUT2D eigenvalue weighted by molar-refractivity contribution is 0.0772. The second kappa shape index (κ2) is 6.87. The average Bonchev–Trinajstić information content (AvgIpc) is 3.21. The normalized spacial score (nSPS) is 20.6. The molecule has 0 spiro atoms. The van der Waals surface area contributed by atoms with E-state index < -0.39 is 0 Å². The van der Waals surface area contributed by atoms with E-state index in [9.17, 15) is 4.79 Å². The summed E-state index contributed by atoms with van der Waals surface area (Å²) < 4.78 is 7.92. The Labute approximate surface area is 135 Å². The van der Waals surface area contributed by atoms with Crippen LogP contribution in [0.15, 0.2) is 24.8 Å². The van der Waals surface area contributed by atoms with E-state index in [2.05, 4.69) is 31.8 Å². The molecule has 2 aromatic heterocycles. The molecule has 3 heterocycles. The third-order valence-electron chi connectivity index (χ3n) is 4.10. The van der Waals surface area contributed by atoms with Crippen LogP contribution in [-0.4, -0.2) is 38.6 Å². The Morgan fingerprint density at radius 3 is 3.00 bits per heavy atom. The van der Waals surface area contributed by atoms with Gasteiger partial charge in [0.1, 0.15) is 17.6 Å². The van der Waals surface area contributed by atoms with E-state index >= 15 is 0 Å². The fraction of sp³-hybridized carbons (Fsp3) is 0.500. The summed E-state index contributed by atoms with van der Waals surface area (Å²) in [6, 6.07) is 0. The van der Waals surface area contributed by atoms with Gasteiger partial charge >= 0.3 is 0 Å². The molecule has 0 bridgehead atoms. The lowest BCUT2D eigenvalue weighted by Gasteiger charge is -2.19. The smallest absolute Gasteiger partial charge is 0.271 e. The molecule has 1 aliphatic rings. The summed E-state index contributed by atoms with van der Waals surface area (Å²) in [7, 11) is 0. The minimum Gasteiger partial charge on any atom is -0.370 e. The topological polar surface area (TPSA) is 81.9 Å². The van der Waals surface area contributed by atoms with Gasteiger partial charge < -0.3 is 14.6 Å². The van der Waals surface area contributed by atoms with Crippen molar-refractivity contribution in [3.63, 3.8) is 0 Å². The number of aryl methyl sites for hydroxylation is 2. The maximum Gasteiger partial charge on any atom is 0.271 e. The van der Waals surface area contributed by atoms with Crippen molar-refractivity contribution >= 4 is 5.91 Å². The predicted molar refractivity (Wildman–Crippen MR) is 83.8 cm³/mol. The molecule has 0 saturated carbocycles. The molecule has 0 aliphatic carbocycles. The molecule has 3 rings (SSSR count). The van der Waals surface area contributed by atoms with Crippen LogP contribution >= 0.6 is 0 Å². The quantitative estimate of drug-likeness (QED) is 0.904. The van der Waals surface area contributed by atoms with Crippen LogP contribution in [0.25, 0.3) is 0 Å². The van der Waals surface area contributed by atoms with E-state index in [4.69, 9.17) is 4.74 Å². The minimum absolute atomic E-state index is 0.0747. The van der Waals surface area contributed by atoms with Crippen molar-refractivity contribution in [2.75, 3.05) is 13.2 Å². The molecule has 2 aromatic rings. The zero-order chi connectivity index (χ0) is 16.2. The highest BCUT2D eigenvalue weighted by Gasteiger charge is 2.32. The number of carbonyl (C=O) groups is 1. The Balaban J connectivity index is 1.63. The first-order chi connectivity index (χ1) is 11.2.